The number of hydrogen-bond acceptors (Lipinski definition) is 4. The normalized spacial score (nSPS) is 29.4. The van der Waals surface area contributed by atoms with Crippen LogP contribution in [0.25, 0.3) is 0 Å². The molecule has 2 aliphatic rings. The number of hydrogen-bond donors (Lipinski definition) is 2. The highest BCUT2D eigenvalue weighted by molar-refractivity contribution is 5.77. The summed E-state index contributed by atoms with van der Waals surface area (Å²) in [6.45, 7) is 1.78. The maximum absolute atomic E-state index is 12.0. The quantitative estimate of drug-likeness (QED) is 0.758. The van der Waals surface area contributed by atoms with E-state index in [2.05, 4.69) is 5.32 Å². The Morgan fingerprint density at radius 2 is 2.20 bits per heavy atom. The minimum absolute atomic E-state index is 0.160. The molecule has 2 N–H and O–H groups in total. The van der Waals surface area contributed by atoms with Gasteiger partial charge in [0.05, 0.1) is 25.4 Å². The Labute approximate surface area is 118 Å². The van der Waals surface area contributed by atoms with Crippen molar-refractivity contribution in [1.29, 1.82) is 0 Å². The molecule has 0 saturated carbocycles. The van der Waals surface area contributed by atoms with Crippen LogP contribution in [0.15, 0.2) is 0 Å². The second-order valence-electron chi connectivity index (χ2n) is 5.32. The van der Waals surface area contributed by atoms with Crippen LogP contribution in [0.4, 0.5) is 4.79 Å². The number of likely N-dealkylation sites (N-methyl/N-ethyl adjacent to an activating group) is 1. The Morgan fingerprint density at radius 1 is 1.40 bits per heavy atom. The zero-order valence-electron chi connectivity index (χ0n) is 11.7. The number of ether oxygens (including phenoxy) is 2. The summed E-state index contributed by atoms with van der Waals surface area (Å²) < 4.78 is 10.6. The van der Waals surface area contributed by atoms with Crippen molar-refractivity contribution >= 4 is 12.0 Å². The van der Waals surface area contributed by atoms with E-state index in [4.69, 9.17) is 14.6 Å². The topological polar surface area (TPSA) is 88.1 Å². The van der Waals surface area contributed by atoms with Gasteiger partial charge in [0.1, 0.15) is 5.92 Å². The van der Waals surface area contributed by atoms with E-state index in [0.29, 0.717) is 6.54 Å². The molecular weight excluding hydrogens is 264 g/mol. The first-order valence-electron chi connectivity index (χ1n) is 7.02. The summed E-state index contributed by atoms with van der Waals surface area (Å²) in [6.07, 6.45) is 3.16. The summed E-state index contributed by atoms with van der Waals surface area (Å²) in [5, 5.41) is 11.9. The van der Waals surface area contributed by atoms with Crippen molar-refractivity contribution in [2.24, 2.45) is 5.92 Å². The fraction of sp³-hybridized carbons (Fsp3) is 0.846. The van der Waals surface area contributed by atoms with Crippen LogP contribution >= 0.6 is 0 Å². The molecule has 2 fully saturated rings. The van der Waals surface area contributed by atoms with Crippen LogP contribution in [0.2, 0.25) is 0 Å². The third kappa shape index (κ3) is 3.61. The van der Waals surface area contributed by atoms with Gasteiger partial charge in [-0.2, -0.15) is 0 Å². The lowest BCUT2D eigenvalue weighted by atomic mass is 10.0. The molecule has 0 aromatic carbocycles. The van der Waals surface area contributed by atoms with Crippen molar-refractivity contribution < 1.29 is 24.2 Å². The summed E-state index contributed by atoms with van der Waals surface area (Å²) >= 11 is 0. The molecule has 7 heteroatoms. The van der Waals surface area contributed by atoms with E-state index in [-0.39, 0.29) is 25.3 Å². The van der Waals surface area contributed by atoms with E-state index in [9.17, 15) is 9.59 Å². The Balaban J connectivity index is 1.74. The van der Waals surface area contributed by atoms with Crippen LogP contribution in [0.3, 0.4) is 0 Å². The number of carboxylic acid groups (broad SMARTS) is 1. The van der Waals surface area contributed by atoms with E-state index in [1.165, 1.54) is 4.90 Å². The van der Waals surface area contributed by atoms with Crippen LogP contribution in [-0.2, 0) is 14.3 Å². The first-order chi connectivity index (χ1) is 9.59. The van der Waals surface area contributed by atoms with Gasteiger partial charge in [-0.25, -0.2) is 4.79 Å². The summed E-state index contributed by atoms with van der Waals surface area (Å²) in [6, 6.07) is -0.667. The van der Waals surface area contributed by atoms with Crippen LogP contribution in [0.5, 0.6) is 0 Å². The average Bonchev–Trinajstić information content (AvgIpc) is 3.08. The second-order valence-corrected chi connectivity index (χ2v) is 5.32. The summed E-state index contributed by atoms with van der Waals surface area (Å²) in [5.41, 5.74) is 0. The number of carboxylic acids is 1. The highest BCUT2D eigenvalue weighted by Gasteiger charge is 2.38. The van der Waals surface area contributed by atoms with E-state index in [1.807, 2.05) is 0 Å². The third-order valence-electron chi connectivity index (χ3n) is 3.95. The molecular formula is C13H22N2O5. The Bertz CT molecular complexity index is 357. The molecule has 2 rings (SSSR count). The number of carbonyl (C=O) groups is 2. The van der Waals surface area contributed by atoms with Gasteiger partial charge >= 0.3 is 12.0 Å². The zero-order valence-corrected chi connectivity index (χ0v) is 11.7. The lowest BCUT2D eigenvalue weighted by Crippen LogP contribution is -2.48. The first-order valence-corrected chi connectivity index (χ1v) is 7.02. The van der Waals surface area contributed by atoms with Gasteiger partial charge in [-0.1, -0.05) is 0 Å². The molecule has 2 heterocycles. The standard InChI is InChI=1S/C13H22N2O5/c1-15(11-8-19-7-10(11)12(16)17)13(18)14-5-4-9-3-2-6-20-9/h9-11H,2-8H2,1H3,(H,14,18)(H,16,17). The average molecular weight is 286 g/mol. The van der Waals surface area contributed by atoms with Crippen LogP contribution in [0, 0.1) is 5.92 Å². The predicted octanol–water partition coefficient (Wildman–Crippen LogP) is 0.297. The van der Waals surface area contributed by atoms with Crippen LogP contribution < -0.4 is 5.32 Å². The summed E-state index contributed by atoms with van der Waals surface area (Å²) in [4.78, 5) is 24.5. The third-order valence-corrected chi connectivity index (χ3v) is 3.95. The van der Waals surface area contributed by atoms with Gasteiger partial charge < -0.3 is 24.8 Å². The van der Waals surface area contributed by atoms with Crippen LogP contribution in [-0.4, -0.2) is 67.6 Å². The van der Waals surface area contributed by atoms with Gasteiger partial charge in [-0.15, -0.1) is 0 Å². The molecule has 0 radical (unpaired) electrons. The number of rotatable bonds is 5. The number of aliphatic carboxylic acids is 1. The molecule has 0 spiro atoms. The lowest BCUT2D eigenvalue weighted by Gasteiger charge is -2.26. The number of carbonyl (C=O) groups excluding carboxylic acids is 1. The van der Waals surface area contributed by atoms with Gasteiger partial charge in [0.15, 0.2) is 0 Å². The number of urea groups is 1. The molecule has 114 valence electrons. The van der Waals surface area contributed by atoms with Gasteiger partial charge in [0.25, 0.3) is 0 Å². The molecule has 0 aromatic rings. The molecule has 2 saturated heterocycles. The van der Waals surface area contributed by atoms with E-state index in [0.717, 1.165) is 25.9 Å². The summed E-state index contributed by atoms with van der Waals surface area (Å²) in [7, 11) is 1.61. The van der Waals surface area contributed by atoms with E-state index in [1.54, 1.807) is 7.05 Å². The van der Waals surface area contributed by atoms with Gasteiger partial charge in [0.2, 0.25) is 0 Å². The second kappa shape index (κ2) is 6.90. The fourth-order valence-electron chi connectivity index (χ4n) is 2.65. The monoisotopic (exact) mass is 286 g/mol. The summed E-state index contributed by atoms with van der Waals surface area (Å²) in [5.74, 6) is -1.57. The predicted molar refractivity (Wildman–Crippen MR) is 70.5 cm³/mol. The van der Waals surface area contributed by atoms with Gasteiger partial charge in [0, 0.05) is 20.2 Å². The zero-order chi connectivity index (χ0) is 14.5. The SMILES string of the molecule is CN(C(=O)NCCC1CCCO1)C1COCC1C(=O)O. The van der Waals surface area contributed by atoms with E-state index >= 15 is 0 Å². The Morgan fingerprint density at radius 3 is 2.85 bits per heavy atom. The van der Waals surface area contributed by atoms with Crippen LogP contribution in [0.1, 0.15) is 19.3 Å². The van der Waals surface area contributed by atoms with Gasteiger partial charge in [-0.3, -0.25) is 4.79 Å². The lowest BCUT2D eigenvalue weighted by molar-refractivity contribution is -0.142. The van der Waals surface area contributed by atoms with Crippen molar-refractivity contribution in [1.82, 2.24) is 10.2 Å². The van der Waals surface area contributed by atoms with E-state index < -0.39 is 17.9 Å². The Hall–Kier alpha value is -1.34. The first kappa shape index (κ1) is 15.1. The van der Waals surface area contributed by atoms with Crippen molar-refractivity contribution in [3.8, 4) is 0 Å². The highest BCUT2D eigenvalue weighted by Crippen LogP contribution is 2.19. The Kier molecular flexibility index (Phi) is 5.19. The molecule has 3 unspecified atom stereocenters. The minimum Gasteiger partial charge on any atom is -0.481 e. The largest absolute Gasteiger partial charge is 0.481 e. The molecule has 0 bridgehead atoms. The number of nitrogens with one attached hydrogen (secondary N) is 1. The highest BCUT2D eigenvalue weighted by atomic mass is 16.5. The fourth-order valence-corrected chi connectivity index (χ4v) is 2.65. The van der Waals surface area contributed by atoms with Crippen molar-refractivity contribution in [3.05, 3.63) is 0 Å². The molecule has 2 amide bonds. The maximum atomic E-state index is 12.0. The smallest absolute Gasteiger partial charge is 0.317 e. The van der Waals surface area contributed by atoms with Gasteiger partial charge in [-0.05, 0) is 19.3 Å². The molecule has 7 nitrogen and oxygen atoms in total. The number of nitrogens with zero attached hydrogens (tertiary/aromatic N) is 1. The number of amides is 2. The molecule has 0 aromatic heterocycles. The molecule has 20 heavy (non-hydrogen) atoms. The van der Waals surface area contributed by atoms with Crippen molar-refractivity contribution in [2.75, 3.05) is 33.4 Å². The van der Waals surface area contributed by atoms with Crippen molar-refractivity contribution in [2.45, 2.75) is 31.4 Å². The molecule has 2 aliphatic heterocycles. The van der Waals surface area contributed by atoms with Crippen molar-refractivity contribution in [3.63, 3.8) is 0 Å². The molecule has 3 atom stereocenters. The minimum atomic E-state index is -0.925. The maximum Gasteiger partial charge on any atom is 0.317 e. The molecule has 0 aliphatic carbocycles.